The largest absolute Gasteiger partial charge is 0.358 e. The molecule has 3 heteroatoms. The fourth-order valence-electron chi connectivity index (χ4n) is 3.47. The fraction of sp³-hybridized carbons (Fsp3) is 0.125. The summed E-state index contributed by atoms with van der Waals surface area (Å²) in [7, 11) is 0. The number of carbonyl (C=O) groups excluding carboxylic acids is 1. The van der Waals surface area contributed by atoms with Crippen molar-refractivity contribution >= 4 is 28.3 Å². The van der Waals surface area contributed by atoms with E-state index in [1.807, 2.05) is 55.5 Å². The summed E-state index contributed by atoms with van der Waals surface area (Å²) in [5.74, 6) is 0.590. The van der Waals surface area contributed by atoms with E-state index < -0.39 is 0 Å². The average Bonchev–Trinajstić information content (AvgIpc) is 3.04. The van der Waals surface area contributed by atoms with E-state index in [2.05, 4.69) is 29.2 Å². The maximum Gasteiger partial charge on any atom is 0.195 e. The fourth-order valence-corrected chi connectivity index (χ4v) is 3.65. The standard InChI is InChI=1S/C24H20ClNO/c1-16-23(21-4-2-3-5-22(21)26-16)24(27)20-12-10-18(11-13-20)14-17-6-8-19(15-25)9-7-17/h2-13,26H,14-15H2,1H3. The number of ketones is 1. The van der Waals surface area contributed by atoms with Gasteiger partial charge in [0.1, 0.15) is 0 Å². The zero-order valence-electron chi connectivity index (χ0n) is 15.1. The Labute approximate surface area is 163 Å². The highest BCUT2D eigenvalue weighted by molar-refractivity contribution is 6.17. The molecule has 27 heavy (non-hydrogen) atoms. The van der Waals surface area contributed by atoms with Crippen molar-refractivity contribution in [2.75, 3.05) is 0 Å². The Hall–Kier alpha value is -2.84. The number of rotatable bonds is 5. The summed E-state index contributed by atoms with van der Waals surface area (Å²) in [5.41, 5.74) is 6.91. The second-order valence-electron chi connectivity index (χ2n) is 6.82. The first-order chi connectivity index (χ1) is 13.2. The zero-order valence-corrected chi connectivity index (χ0v) is 15.9. The number of benzene rings is 3. The third-order valence-electron chi connectivity index (χ3n) is 4.92. The van der Waals surface area contributed by atoms with Gasteiger partial charge in [-0.25, -0.2) is 0 Å². The van der Waals surface area contributed by atoms with Gasteiger partial charge in [0.2, 0.25) is 0 Å². The topological polar surface area (TPSA) is 32.9 Å². The van der Waals surface area contributed by atoms with Gasteiger partial charge in [-0.1, -0.05) is 66.7 Å². The van der Waals surface area contributed by atoms with Crippen molar-refractivity contribution in [1.29, 1.82) is 0 Å². The van der Waals surface area contributed by atoms with E-state index in [-0.39, 0.29) is 5.78 Å². The number of nitrogens with one attached hydrogen (secondary N) is 1. The number of carbonyl (C=O) groups is 1. The van der Waals surface area contributed by atoms with E-state index in [9.17, 15) is 4.79 Å². The van der Waals surface area contributed by atoms with Crippen molar-refractivity contribution < 1.29 is 4.79 Å². The molecule has 0 fully saturated rings. The molecule has 0 amide bonds. The number of fused-ring (bicyclic) bond motifs is 1. The molecule has 4 aromatic rings. The van der Waals surface area contributed by atoms with Gasteiger partial charge in [-0.05, 0) is 36.1 Å². The van der Waals surface area contributed by atoms with E-state index in [4.69, 9.17) is 11.6 Å². The molecule has 0 bridgehead atoms. The van der Waals surface area contributed by atoms with Crippen molar-refractivity contribution in [2.24, 2.45) is 0 Å². The highest BCUT2D eigenvalue weighted by atomic mass is 35.5. The molecule has 0 saturated carbocycles. The lowest BCUT2D eigenvalue weighted by atomic mass is 9.97. The monoisotopic (exact) mass is 373 g/mol. The number of para-hydroxylation sites is 1. The van der Waals surface area contributed by atoms with Crippen LogP contribution in [-0.4, -0.2) is 10.8 Å². The first-order valence-corrected chi connectivity index (χ1v) is 9.54. The summed E-state index contributed by atoms with van der Waals surface area (Å²) in [6.45, 7) is 1.95. The molecule has 2 nitrogen and oxygen atoms in total. The number of aryl methyl sites for hydroxylation is 1. The average molecular weight is 374 g/mol. The summed E-state index contributed by atoms with van der Waals surface area (Å²) >= 11 is 5.84. The number of halogens is 1. The van der Waals surface area contributed by atoms with E-state index in [1.54, 1.807) is 0 Å². The molecule has 0 saturated heterocycles. The Bertz CT molecular complexity index is 1090. The summed E-state index contributed by atoms with van der Waals surface area (Å²) in [6, 6.07) is 24.2. The molecule has 1 heterocycles. The predicted octanol–water partition coefficient (Wildman–Crippen LogP) is 6.04. The van der Waals surface area contributed by atoms with Crippen LogP contribution in [0.2, 0.25) is 0 Å². The van der Waals surface area contributed by atoms with Crippen molar-refractivity contribution in [3.8, 4) is 0 Å². The molecule has 0 aliphatic rings. The van der Waals surface area contributed by atoms with Gasteiger partial charge in [-0.2, -0.15) is 0 Å². The molecule has 1 aromatic heterocycles. The molecule has 4 rings (SSSR count). The number of aromatic nitrogens is 1. The van der Waals surface area contributed by atoms with Crippen molar-refractivity contribution in [1.82, 2.24) is 4.98 Å². The SMILES string of the molecule is Cc1[nH]c2ccccc2c1C(=O)c1ccc(Cc2ccc(CCl)cc2)cc1. The van der Waals surface area contributed by atoms with Crippen molar-refractivity contribution in [3.05, 3.63) is 106 Å². The maximum atomic E-state index is 13.0. The molecule has 0 unspecified atom stereocenters. The summed E-state index contributed by atoms with van der Waals surface area (Å²) in [5, 5.41) is 0.975. The molecular weight excluding hydrogens is 354 g/mol. The quantitative estimate of drug-likeness (QED) is 0.336. The second kappa shape index (κ2) is 7.42. The molecule has 0 aliphatic heterocycles. The number of aromatic amines is 1. The lowest BCUT2D eigenvalue weighted by Gasteiger charge is -2.06. The number of H-pyrrole nitrogens is 1. The van der Waals surface area contributed by atoms with Gasteiger partial charge in [0, 0.05) is 28.0 Å². The van der Waals surface area contributed by atoms with Crippen LogP contribution in [-0.2, 0) is 12.3 Å². The normalized spacial score (nSPS) is 11.0. The van der Waals surface area contributed by atoms with Crippen LogP contribution in [0.3, 0.4) is 0 Å². The van der Waals surface area contributed by atoms with E-state index >= 15 is 0 Å². The van der Waals surface area contributed by atoms with Gasteiger partial charge in [-0.3, -0.25) is 4.79 Å². The predicted molar refractivity (Wildman–Crippen MR) is 112 cm³/mol. The Morgan fingerprint density at radius 3 is 2.11 bits per heavy atom. The minimum atomic E-state index is 0.0583. The van der Waals surface area contributed by atoms with Gasteiger partial charge in [-0.15, -0.1) is 11.6 Å². The van der Waals surface area contributed by atoms with Crippen LogP contribution in [0.15, 0.2) is 72.8 Å². The third kappa shape index (κ3) is 3.54. The summed E-state index contributed by atoms with van der Waals surface area (Å²) in [6.07, 6.45) is 0.836. The Morgan fingerprint density at radius 2 is 1.44 bits per heavy atom. The Kier molecular flexibility index (Phi) is 4.83. The maximum absolute atomic E-state index is 13.0. The van der Waals surface area contributed by atoms with Gasteiger partial charge in [0.25, 0.3) is 0 Å². The molecule has 1 N–H and O–H groups in total. The van der Waals surface area contributed by atoms with Crippen LogP contribution in [0.1, 0.15) is 38.3 Å². The second-order valence-corrected chi connectivity index (χ2v) is 7.09. The summed E-state index contributed by atoms with van der Waals surface area (Å²) < 4.78 is 0. The lowest BCUT2D eigenvalue weighted by Crippen LogP contribution is -2.03. The molecule has 0 atom stereocenters. The van der Waals surface area contributed by atoms with Gasteiger partial charge >= 0.3 is 0 Å². The molecule has 0 spiro atoms. The molecule has 0 aliphatic carbocycles. The Morgan fingerprint density at radius 1 is 0.852 bits per heavy atom. The first kappa shape index (κ1) is 17.6. The molecular formula is C24H20ClNO. The van der Waals surface area contributed by atoms with Gasteiger partial charge in [0.05, 0.1) is 5.56 Å². The van der Waals surface area contributed by atoms with Crippen LogP contribution in [0.25, 0.3) is 10.9 Å². The number of alkyl halides is 1. The smallest absolute Gasteiger partial charge is 0.195 e. The van der Waals surface area contributed by atoms with E-state index in [0.717, 1.165) is 34.1 Å². The highest BCUT2D eigenvalue weighted by Crippen LogP contribution is 2.25. The van der Waals surface area contributed by atoms with Crippen LogP contribution in [0.4, 0.5) is 0 Å². The summed E-state index contributed by atoms with van der Waals surface area (Å²) in [4.78, 5) is 16.4. The molecule has 0 radical (unpaired) electrons. The lowest BCUT2D eigenvalue weighted by molar-refractivity contribution is 0.103. The van der Waals surface area contributed by atoms with E-state index in [1.165, 1.54) is 11.1 Å². The van der Waals surface area contributed by atoms with Crippen molar-refractivity contribution in [3.63, 3.8) is 0 Å². The minimum Gasteiger partial charge on any atom is -0.358 e. The minimum absolute atomic E-state index is 0.0583. The molecule has 3 aromatic carbocycles. The number of hydrogen-bond acceptors (Lipinski definition) is 1. The zero-order chi connectivity index (χ0) is 18.8. The third-order valence-corrected chi connectivity index (χ3v) is 5.23. The van der Waals surface area contributed by atoms with Crippen molar-refractivity contribution in [2.45, 2.75) is 19.2 Å². The molecule has 134 valence electrons. The highest BCUT2D eigenvalue weighted by Gasteiger charge is 2.17. The van der Waals surface area contributed by atoms with Crippen LogP contribution >= 0.6 is 11.6 Å². The Balaban J connectivity index is 1.57. The van der Waals surface area contributed by atoms with Crippen LogP contribution in [0, 0.1) is 6.92 Å². The van der Waals surface area contributed by atoms with Crippen LogP contribution < -0.4 is 0 Å². The number of hydrogen-bond donors (Lipinski definition) is 1. The van der Waals surface area contributed by atoms with Gasteiger partial charge < -0.3 is 4.98 Å². The van der Waals surface area contributed by atoms with Crippen LogP contribution in [0.5, 0.6) is 0 Å². The first-order valence-electron chi connectivity index (χ1n) is 9.00. The van der Waals surface area contributed by atoms with Gasteiger partial charge in [0.15, 0.2) is 5.78 Å². The van der Waals surface area contributed by atoms with E-state index in [0.29, 0.717) is 11.4 Å².